The normalized spacial score (nSPS) is 14.1. The van der Waals surface area contributed by atoms with Crippen LogP contribution >= 0.6 is 0 Å². The quantitative estimate of drug-likeness (QED) is 0.251. The molecule has 0 spiro atoms. The number of hydrogen-bond acceptors (Lipinski definition) is 0. The van der Waals surface area contributed by atoms with Crippen LogP contribution in [-0.4, -0.2) is 0 Å². The lowest BCUT2D eigenvalue weighted by Gasteiger charge is -2.22. The van der Waals surface area contributed by atoms with E-state index in [0.29, 0.717) is 0 Å². The standard InChI is InChI=1S/C27H28/c1-26(2,3)18-12-16-11-17-13-19(27(4,5)6)15-23-21-10-8-7-9-20(21)22(14-18)24(16)25(17)23/h7-10,12-15H,11H2,1-6H3. The topological polar surface area (TPSA) is 0 Å². The van der Waals surface area contributed by atoms with Gasteiger partial charge in [-0.2, -0.15) is 0 Å². The second kappa shape index (κ2) is 5.13. The second-order valence-corrected chi connectivity index (χ2v) is 10.3. The molecule has 0 N–H and O–H groups in total. The summed E-state index contributed by atoms with van der Waals surface area (Å²) in [6, 6.07) is 18.8. The average molecular weight is 353 g/mol. The van der Waals surface area contributed by atoms with Crippen molar-refractivity contribution in [2.24, 2.45) is 0 Å². The second-order valence-electron chi connectivity index (χ2n) is 10.3. The molecule has 0 aliphatic heterocycles. The van der Waals surface area contributed by atoms with Crippen molar-refractivity contribution in [2.45, 2.75) is 58.8 Å². The van der Waals surface area contributed by atoms with E-state index in [-0.39, 0.29) is 10.8 Å². The zero-order valence-corrected chi connectivity index (χ0v) is 17.3. The zero-order valence-electron chi connectivity index (χ0n) is 17.3. The maximum atomic E-state index is 2.47. The monoisotopic (exact) mass is 352 g/mol. The molecular weight excluding hydrogens is 324 g/mol. The predicted molar refractivity (Wildman–Crippen MR) is 119 cm³/mol. The summed E-state index contributed by atoms with van der Waals surface area (Å²) in [6.07, 6.45) is 1.06. The van der Waals surface area contributed by atoms with Gasteiger partial charge in [0.1, 0.15) is 0 Å². The summed E-state index contributed by atoms with van der Waals surface area (Å²) in [5.74, 6) is 0. The fourth-order valence-corrected chi connectivity index (χ4v) is 4.72. The molecule has 4 aromatic carbocycles. The average Bonchev–Trinajstić information content (AvgIpc) is 2.97. The van der Waals surface area contributed by atoms with Crippen molar-refractivity contribution in [3.8, 4) is 0 Å². The maximum absolute atomic E-state index is 2.47. The van der Waals surface area contributed by atoms with E-state index in [2.05, 4.69) is 90.1 Å². The molecule has 0 amide bonds. The van der Waals surface area contributed by atoms with Gasteiger partial charge in [0.25, 0.3) is 0 Å². The van der Waals surface area contributed by atoms with Crippen molar-refractivity contribution >= 4 is 32.3 Å². The SMILES string of the molecule is CC(C)(C)c1cc2c3c(c1)c1ccccc1c1cc(C(C)(C)C)cc(c13)C2. The maximum Gasteiger partial charge on any atom is -0.00128 e. The number of benzene rings is 4. The van der Waals surface area contributed by atoms with Crippen molar-refractivity contribution in [3.05, 3.63) is 70.8 Å². The summed E-state index contributed by atoms with van der Waals surface area (Å²) in [5.41, 5.74) is 6.22. The minimum absolute atomic E-state index is 0.159. The van der Waals surface area contributed by atoms with Gasteiger partial charge in [-0.25, -0.2) is 0 Å². The Morgan fingerprint density at radius 1 is 0.556 bits per heavy atom. The van der Waals surface area contributed by atoms with E-state index in [1.165, 1.54) is 54.6 Å². The molecule has 4 aromatic rings. The summed E-state index contributed by atoms with van der Waals surface area (Å²) in [6.45, 7) is 13.9. The Morgan fingerprint density at radius 3 is 1.33 bits per heavy atom. The zero-order chi connectivity index (χ0) is 19.1. The molecule has 136 valence electrons. The van der Waals surface area contributed by atoms with Crippen LogP contribution in [0.3, 0.4) is 0 Å². The molecule has 5 rings (SSSR count). The van der Waals surface area contributed by atoms with E-state index in [0.717, 1.165) is 6.42 Å². The molecule has 0 unspecified atom stereocenters. The third-order valence-corrected chi connectivity index (χ3v) is 6.31. The number of hydrogen-bond donors (Lipinski definition) is 0. The Kier molecular flexibility index (Phi) is 3.19. The van der Waals surface area contributed by atoms with Gasteiger partial charge in [0.05, 0.1) is 0 Å². The Hall–Kier alpha value is -2.34. The van der Waals surface area contributed by atoms with E-state index in [1.807, 2.05) is 0 Å². The van der Waals surface area contributed by atoms with Crippen LogP contribution in [0.25, 0.3) is 32.3 Å². The molecule has 0 fully saturated rings. The van der Waals surface area contributed by atoms with Crippen LogP contribution in [0.2, 0.25) is 0 Å². The van der Waals surface area contributed by atoms with Gasteiger partial charge in [0.15, 0.2) is 0 Å². The highest BCUT2D eigenvalue weighted by Gasteiger charge is 2.26. The molecule has 0 aromatic heterocycles. The molecule has 0 atom stereocenters. The molecule has 0 nitrogen and oxygen atoms in total. The van der Waals surface area contributed by atoms with Crippen LogP contribution in [0.4, 0.5) is 0 Å². The highest BCUT2D eigenvalue weighted by molar-refractivity contribution is 6.28. The van der Waals surface area contributed by atoms with Gasteiger partial charge in [-0.3, -0.25) is 0 Å². The minimum Gasteiger partial charge on any atom is -0.0616 e. The first-order valence-electron chi connectivity index (χ1n) is 10.1. The molecule has 1 aliphatic carbocycles. The summed E-state index contributed by atoms with van der Waals surface area (Å²) >= 11 is 0. The fraction of sp³-hybridized carbons (Fsp3) is 0.333. The summed E-state index contributed by atoms with van der Waals surface area (Å²) in [7, 11) is 0. The molecule has 0 bridgehead atoms. The van der Waals surface area contributed by atoms with Crippen molar-refractivity contribution in [1.29, 1.82) is 0 Å². The highest BCUT2D eigenvalue weighted by atomic mass is 14.3. The van der Waals surface area contributed by atoms with E-state index in [1.54, 1.807) is 0 Å². The first kappa shape index (κ1) is 16.8. The van der Waals surface area contributed by atoms with Crippen LogP contribution < -0.4 is 0 Å². The number of fused-ring (bicyclic) bond motifs is 3. The Bertz CT molecular complexity index is 1140. The molecule has 27 heavy (non-hydrogen) atoms. The van der Waals surface area contributed by atoms with Crippen LogP contribution in [0.15, 0.2) is 48.5 Å². The lowest BCUT2D eigenvalue weighted by atomic mass is 9.82. The van der Waals surface area contributed by atoms with Crippen molar-refractivity contribution in [1.82, 2.24) is 0 Å². The van der Waals surface area contributed by atoms with Crippen molar-refractivity contribution in [3.63, 3.8) is 0 Å². The summed E-state index contributed by atoms with van der Waals surface area (Å²) < 4.78 is 0. The van der Waals surface area contributed by atoms with Crippen molar-refractivity contribution < 1.29 is 0 Å². The van der Waals surface area contributed by atoms with Crippen LogP contribution in [0.5, 0.6) is 0 Å². The Morgan fingerprint density at radius 2 is 0.963 bits per heavy atom. The minimum atomic E-state index is 0.159. The third kappa shape index (κ3) is 2.35. The van der Waals surface area contributed by atoms with Gasteiger partial charge in [0, 0.05) is 0 Å². The molecular formula is C27H28. The van der Waals surface area contributed by atoms with Gasteiger partial charge in [0.2, 0.25) is 0 Å². The fourth-order valence-electron chi connectivity index (χ4n) is 4.72. The number of rotatable bonds is 0. The van der Waals surface area contributed by atoms with Gasteiger partial charge >= 0.3 is 0 Å². The van der Waals surface area contributed by atoms with Crippen LogP contribution in [0.1, 0.15) is 63.8 Å². The predicted octanol–water partition coefficient (Wildman–Crippen LogP) is 7.65. The van der Waals surface area contributed by atoms with E-state index < -0.39 is 0 Å². The summed E-state index contributed by atoms with van der Waals surface area (Å²) in [5, 5.41) is 8.64. The van der Waals surface area contributed by atoms with Gasteiger partial charge < -0.3 is 0 Å². The van der Waals surface area contributed by atoms with Crippen LogP contribution in [-0.2, 0) is 17.3 Å². The summed E-state index contributed by atoms with van der Waals surface area (Å²) in [4.78, 5) is 0. The smallest absolute Gasteiger partial charge is 0.00128 e. The van der Waals surface area contributed by atoms with Gasteiger partial charge in [-0.1, -0.05) is 77.9 Å². The Balaban J connectivity index is 2.02. The van der Waals surface area contributed by atoms with Gasteiger partial charge in [-0.05, 0) is 84.0 Å². The first-order valence-corrected chi connectivity index (χ1v) is 10.1. The highest BCUT2D eigenvalue weighted by Crippen LogP contribution is 2.46. The lowest BCUT2D eigenvalue weighted by Crippen LogP contribution is -2.11. The molecule has 0 heterocycles. The molecule has 0 saturated carbocycles. The van der Waals surface area contributed by atoms with Crippen molar-refractivity contribution in [2.75, 3.05) is 0 Å². The first-order chi connectivity index (χ1) is 12.6. The van der Waals surface area contributed by atoms with E-state index in [4.69, 9.17) is 0 Å². The molecule has 0 radical (unpaired) electrons. The Labute approximate surface area is 162 Å². The molecule has 1 aliphatic rings. The van der Waals surface area contributed by atoms with E-state index in [9.17, 15) is 0 Å². The largest absolute Gasteiger partial charge is 0.0616 e. The molecule has 0 saturated heterocycles. The van der Waals surface area contributed by atoms with Gasteiger partial charge in [-0.15, -0.1) is 0 Å². The third-order valence-electron chi connectivity index (χ3n) is 6.31. The lowest BCUT2D eigenvalue weighted by molar-refractivity contribution is 0.590. The molecule has 0 heteroatoms. The van der Waals surface area contributed by atoms with E-state index >= 15 is 0 Å². The van der Waals surface area contributed by atoms with Crippen LogP contribution in [0, 0.1) is 0 Å².